The van der Waals surface area contributed by atoms with Gasteiger partial charge in [0.05, 0.1) is 37.7 Å². The molecule has 0 aliphatic heterocycles. The summed E-state index contributed by atoms with van der Waals surface area (Å²) >= 11 is 0. The molecule has 79 heavy (non-hydrogen) atoms. The number of hydrogen-bond acceptors (Lipinski definition) is 9. The second kappa shape index (κ2) is 57.2. The summed E-state index contributed by atoms with van der Waals surface area (Å²) in [6, 6.07) is 20.0. The van der Waals surface area contributed by atoms with Crippen LogP contribution in [-0.2, 0) is 17.4 Å². The topological polar surface area (TPSA) is 148 Å². The molecular formula is C69H111CrO9-. The molecule has 0 saturated carbocycles. The zero-order chi connectivity index (χ0) is 56.6. The van der Waals surface area contributed by atoms with Gasteiger partial charge in [-0.05, 0) is 55.7 Å². The van der Waals surface area contributed by atoms with E-state index in [1.807, 2.05) is 0 Å². The van der Waals surface area contributed by atoms with Crippen molar-refractivity contribution in [2.45, 2.75) is 290 Å². The Morgan fingerprint density at radius 3 is 0.582 bits per heavy atom. The zero-order valence-corrected chi connectivity index (χ0v) is 51.6. The van der Waals surface area contributed by atoms with Gasteiger partial charge in [0.15, 0.2) is 0 Å². The van der Waals surface area contributed by atoms with Crippen LogP contribution in [0.5, 0.6) is 17.2 Å². The van der Waals surface area contributed by atoms with E-state index in [9.17, 15) is 29.7 Å². The number of aromatic carboxylic acids is 3. The van der Waals surface area contributed by atoms with Gasteiger partial charge in [0.2, 0.25) is 0 Å². The Kier molecular flexibility index (Phi) is 54.3. The van der Waals surface area contributed by atoms with Crippen molar-refractivity contribution >= 4 is 17.9 Å². The molecule has 3 aromatic rings. The largest absolute Gasteiger partial charge is 2.00 e. The summed E-state index contributed by atoms with van der Waals surface area (Å²) in [5.74, 6) is -2.28. The van der Waals surface area contributed by atoms with Crippen molar-refractivity contribution in [2.24, 2.45) is 0 Å². The van der Waals surface area contributed by atoms with E-state index in [1.54, 1.807) is 54.6 Å². The Morgan fingerprint density at radius 1 is 0.266 bits per heavy atom. The van der Waals surface area contributed by atoms with Gasteiger partial charge in [0.1, 0.15) is 17.2 Å². The Morgan fingerprint density at radius 2 is 0.418 bits per heavy atom. The summed E-state index contributed by atoms with van der Waals surface area (Å²) in [6.07, 6.45) is 55.6. The number of rotatable bonds is 51. The molecule has 0 saturated heterocycles. The predicted octanol–water partition coefficient (Wildman–Crippen LogP) is 17.7. The summed E-state index contributed by atoms with van der Waals surface area (Å²) in [4.78, 5) is 33.0. The molecule has 9 nitrogen and oxygen atoms in total. The molecule has 10 heteroatoms. The second-order valence-electron chi connectivity index (χ2n) is 21.7. The number of hydrogen-bond donors (Lipinski definition) is 0. The van der Waals surface area contributed by atoms with Gasteiger partial charge >= 0.3 is 17.4 Å². The quantitative estimate of drug-likeness (QED) is 0.0504. The van der Waals surface area contributed by atoms with Crippen molar-refractivity contribution in [3.05, 3.63) is 89.5 Å². The maximum absolute atomic E-state index is 11.0. The Bertz CT molecular complexity index is 1630. The molecule has 3 rings (SSSR count). The fraction of sp³-hybridized carbons (Fsp3) is 0.696. The smallest absolute Gasteiger partial charge is 0.545 e. The number of carboxylic acids is 3. The van der Waals surface area contributed by atoms with E-state index in [0.717, 1.165) is 38.5 Å². The van der Waals surface area contributed by atoms with E-state index in [-0.39, 0.29) is 34.1 Å². The number of benzene rings is 3. The molecule has 0 radical (unpaired) electrons. The van der Waals surface area contributed by atoms with E-state index < -0.39 is 17.9 Å². The average molecular weight is 1140 g/mol. The third-order valence-electron chi connectivity index (χ3n) is 14.6. The van der Waals surface area contributed by atoms with Gasteiger partial charge in [-0.2, -0.15) is 0 Å². The third kappa shape index (κ3) is 45.3. The minimum absolute atomic E-state index is 0. The van der Waals surface area contributed by atoms with Crippen LogP contribution in [0, 0.1) is 0 Å². The number of carboxylic acid groups (broad SMARTS) is 3. The van der Waals surface area contributed by atoms with Gasteiger partial charge in [-0.1, -0.05) is 308 Å². The van der Waals surface area contributed by atoms with E-state index in [1.165, 1.54) is 249 Å². The minimum atomic E-state index is -1.18. The predicted molar refractivity (Wildman–Crippen MR) is 320 cm³/mol. The van der Waals surface area contributed by atoms with E-state index in [2.05, 4.69) is 20.8 Å². The van der Waals surface area contributed by atoms with Crippen LogP contribution in [-0.4, -0.2) is 37.7 Å². The van der Waals surface area contributed by atoms with Gasteiger partial charge in [0.25, 0.3) is 0 Å². The SMILES string of the molecule is CCCCCCCCCCCCCCCCOc1ccccc1C(=O)[O-].CCCCCCCCCCCCCCCCOc1ccccc1C(=O)[O-].CCCCCCCCCCCCCCCCOc1ccccc1C(=O)[O-].[Cr+2]. The fourth-order valence-electron chi connectivity index (χ4n) is 9.72. The molecule has 0 aromatic heterocycles. The maximum atomic E-state index is 11.0. The van der Waals surface area contributed by atoms with Crippen LogP contribution in [0.25, 0.3) is 0 Å². The van der Waals surface area contributed by atoms with Gasteiger partial charge in [0, 0.05) is 16.7 Å². The van der Waals surface area contributed by atoms with Crippen LogP contribution in [0.1, 0.15) is 322 Å². The molecule has 0 aliphatic rings. The van der Waals surface area contributed by atoms with Crippen LogP contribution < -0.4 is 29.5 Å². The van der Waals surface area contributed by atoms with Crippen molar-refractivity contribution < 1.29 is 61.3 Å². The minimum Gasteiger partial charge on any atom is -0.545 e. The Labute approximate surface area is 493 Å². The molecule has 3 aromatic carbocycles. The first-order chi connectivity index (χ1) is 38.3. The summed E-state index contributed by atoms with van der Waals surface area (Å²) in [7, 11) is 0. The van der Waals surface area contributed by atoms with E-state index in [0.29, 0.717) is 37.1 Å². The molecule has 0 N–H and O–H groups in total. The van der Waals surface area contributed by atoms with E-state index >= 15 is 0 Å². The van der Waals surface area contributed by atoms with Gasteiger partial charge in [-0.25, -0.2) is 0 Å². The first kappa shape index (κ1) is 75.0. The summed E-state index contributed by atoms with van der Waals surface area (Å²) in [6.45, 7) is 8.52. The molecular weight excluding hydrogens is 1020 g/mol. The molecule has 0 heterocycles. The van der Waals surface area contributed by atoms with Crippen molar-refractivity contribution in [3.8, 4) is 17.2 Å². The number of para-hydroxylation sites is 3. The molecule has 0 fully saturated rings. The maximum Gasteiger partial charge on any atom is 2.00 e. The molecule has 0 aliphatic carbocycles. The van der Waals surface area contributed by atoms with Crippen molar-refractivity contribution in [2.75, 3.05) is 19.8 Å². The molecule has 0 atom stereocenters. The number of unbranched alkanes of at least 4 members (excludes halogenated alkanes) is 39. The standard InChI is InChI=1S/3C23H38O3.Cr/c3*1-2-3-4-5-6-7-8-9-10-11-12-13-14-17-20-26-22-19-16-15-18-21(22)23(24)25;/h3*15-16,18-19H,2-14,17,20H2,1H3,(H,24,25);/q;;;+2/p-3. The number of carbonyl (C=O) groups is 3. The van der Waals surface area contributed by atoms with Crippen LogP contribution in [0.15, 0.2) is 72.8 Å². The fourth-order valence-corrected chi connectivity index (χ4v) is 9.72. The van der Waals surface area contributed by atoms with Crippen LogP contribution in [0.3, 0.4) is 0 Å². The molecule has 0 bridgehead atoms. The average Bonchev–Trinajstić information content (AvgIpc) is 3.45. The van der Waals surface area contributed by atoms with Crippen molar-refractivity contribution in [1.82, 2.24) is 0 Å². The first-order valence-electron chi connectivity index (χ1n) is 32.1. The summed E-state index contributed by atoms with van der Waals surface area (Å²) < 4.78 is 16.8. The molecule has 0 spiro atoms. The Hall–Kier alpha value is -4.00. The van der Waals surface area contributed by atoms with Gasteiger partial charge < -0.3 is 43.9 Å². The molecule has 0 unspecified atom stereocenters. The van der Waals surface area contributed by atoms with Crippen LogP contribution >= 0.6 is 0 Å². The monoisotopic (exact) mass is 1140 g/mol. The zero-order valence-electron chi connectivity index (χ0n) is 50.3. The molecule has 448 valence electrons. The second-order valence-corrected chi connectivity index (χ2v) is 21.7. The third-order valence-corrected chi connectivity index (χ3v) is 14.6. The van der Waals surface area contributed by atoms with Crippen LogP contribution in [0.2, 0.25) is 0 Å². The summed E-state index contributed by atoms with van der Waals surface area (Å²) in [5, 5.41) is 33.0. The number of ether oxygens (including phenoxy) is 3. The van der Waals surface area contributed by atoms with Crippen LogP contribution in [0.4, 0.5) is 0 Å². The Balaban J connectivity index is 0.00000115. The normalized spacial score (nSPS) is 10.7. The van der Waals surface area contributed by atoms with Gasteiger partial charge in [-0.15, -0.1) is 0 Å². The number of carbonyl (C=O) groups excluding carboxylic acids is 3. The van der Waals surface area contributed by atoms with E-state index in [4.69, 9.17) is 14.2 Å². The molecule has 0 amide bonds. The van der Waals surface area contributed by atoms with Gasteiger partial charge in [-0.3, -0.25) is 0 Å². The first-order valence-corrected chi connectivity index (χ1v) is 32.1. The summed E-state index contributed by atoms with van der Waals surface area (Å²) in [5.41, 5.74) is 0.411. The van der Waals surface area contributed by atoms with Crippen molar-refractivity contribution in [3.63, 3.8) is 0 Å². The van der Waals surface area contributed by atoms with Crippen molar-refractivity contribution in [1.29, 1.82) is 0 Å².